The number of furan rings is 1. The maximum Gasteiger partial charge on any atom is 0.148 e. The number of nitrogens with one attached hydrogen (secondary N) is 1. The van der Waals surface area contributed by atoms with Crippen LogP contribution < -0.4 is 11.1 Å². The molecule has 1 aromatic heterocycles. The Bertz CT molecular complexity index is 488. The summed E-state index contributed by atoms with van der Waals surface area (Å²) in [6, 6.07) is 8.47. The highest BCUT2D eigenvalue weighted by atomic mass is 19.1. The van der Waals surface area contributed by atoms with E-state index >= 15 is 0 Å². The van der Waals surface area contributed by atoms with Crippen molar-refractivity contribution < 1.29 is 8.81 Å². The molecule has 4 heteroatoms. The van der Waals surface area contributed by atoms with Crippen molar-refractivity contribution in [2.75, 3.05) is 17.6 Å². The highest BCUT2D eigenvalue weighted by Gasteiger charge is 2.05. The first kappa shape index (κ1) is 11.5. The second kappa shape index (κ2) is 4.91. The van der Waals surface area contributed by atoms with Crippen molar-refractivity contribution in [1.29, 1.82) is 0 Å². The van der Waals surface area contributed by atoms with Gasteiger partial charge in [-0.1, -0.05) is 6.07 Å². The van der Waals surface area contributed by atoms with Gasteiger partial charge in [0.05, 0.1) is 11.4 Å². The molecule has 0 spiro atoms. The average molecular weight is 234 g/mol. The number of nitrogen functional groups attached to an aromatic ring is 1. The lowest BCUT2D eigenvalue weighted by atomic mass is 10.2. The smallest absolute Gasteiger partial charge is 0.148 e. The summed E-state index contributed by atoms with van der Waals surface area (Å²) < 4.78 is 18.8. The third kappa shape index (κ3) is 2.78. The first-order valence-electron chi connectivity index (χ1n) is 5.50. The lowest BCUT2D eigenvalue weighted by molar-refractivity contribution is 0.486. The van der Waals surface area contributed by atoms with E-state index in [2.05, 4.69) is 5.32 Å². The van der Waals surface area contributed by atoms with Gasteiger partial charge in [-0.2, -0.15) is 0 Å². The van der Waals surface area contributed by atoms with Gasteiger partial charge in [-0.05, 0) is 31.2 Å². The highest BCUT2D eigenvalue weighted by molar-refractivity contribution is 5.66. The molecule has 0 amide bonds. The van der Waals surface area contributed by atoms with Crippen molar-refractivity contribution in [2.24, 2.45) is 0 Å². The number of para-hydroxylation sites is 1. The van der Waals surface area contributed by atoms with Gasteiger partial charge in [0.1, 0.15) is 17.3 Å². The van der Waals surface area contributed by atoms with Crippen LogP contribution in [0.5, 0.6) is 0 Å². The summed E-state index contributed by atoms with van der Waals surface area (Å²) in [5, 5.41) is 2.98. The monoisotopic (exact) mass is 234 g/mol. The number of nitrogens with two attached hydrogens (primary N) is 1. The molecule has 17 heavy (non-hydrogen) atoms. The van der Waals surface area contributed by atoms with Gasteiger partial charge in [0, 0.05) is 13.0 Å². The third-order valence-electron chi connectivity index (χ3n) is 2.52. The molecule has 0 aliphatic heterocycles. The lowest BCUT2D eigenvalue weighted by Gasteiger charge is -2.09. The SMILES string of the molecule is Cc1ccc(CCNc2c(N)cccc2F)o1. The Morgan fingerprint density at radius 2 is 2.12 bits per heavy atom. The number of benzene rings is 1. The molecule has 0 aliphatic rings. The first-order chi connectivity index (χ1) is 8.16. The molecule has 0 bridgehead atoms. The van der Waals surface area contributed by atoms with Gasteiger partial charge in [-0.15, -0.1) is 0 Å². The van der Waals surface area contributed by atoms with Crippen LogP contribution in [0.15, 0.2) is 34.7 Å². The van der Waals surface area contributed by atoms with Crippen LogP contribution >= 0.6 is 0 Å². The molecule has 2 rings (SSSR count). The Morgan fingerprint density at radius 1 is 1.29 bits per heavy atom. The normalized spacial score (nSPS) is 10.5. The molecule has 1 aromatic carbocycles. The van der Waals surface area contributed by atoms with Gasteiger partial charge < -0.3 is 15.5 Å². The second-order valence-corrected chi connectivity index (χ2v) is 3.89. The number of aryl methyl sites for hydroxylation is 1. The Balaban J connectivity index is 1.94. The van der Waals surface area contributed by atoms with Crippen LogP contribution in [0, 0.1) is 12.7 Å². The molecule has 0 unspecified atom stereocenters. The molecule has 0 radical (unpaired) electrons. The topological polar surface area (TPSA) is 51.2 Å². The van der Waals surface area contributed by atoms with Crippen LogP contribution in [0.2, 0.25) is 0 Å². The van der Waals surface area contributed by atoms with Crippen molar-refractivity contribution in [3.8, 4) is 0 Å². The second-order valence-electron chi connectivity index (χ2n) is 3.89. The van der Waals surface area contributed by atoms with Crippen LogP contribution in [-0.2, 0) is 6.42 Å². The molecular formula is C13H15FN2O. The summed E-state index contributed by atoms with van der Waals surface area (Å²) in [6.45, 7) is 2.48. The minimum atomic E-state index is -0.333. The number of anilines is 2. The summed E-state index contributed by atoms with van der Waals surface area (Å²) in [5.41, 5.74) is 6.45. The van der Waals surface area contributed by atoms with Gasteiger partial charge in [-0.3, -0.25) is 0 Å². The van der Waals surface area contributed by atoms with Crippen LogP contribution in [0.25, 0.3) is 0 Å². The van der Waals surface area contributed by atoms with E-state index in [-0.39, 0.29) is 5.82 Å². The minimum Gasteiger partial charge on any atom is -0.466 e. The Hall–Kier alpha value is -1.97. The molecule has 0 fully saturated rings. The molecule has 1 heterocycles. The van der Waals surface area contributed by atoms with Gasteiger partial charge in [0.2, 0.25) is 0 Å². The summed E-state index contributed by atoms with van der Waals surface area (Å²) >= 11 is 0. The Labute approximate surface area is 99.4 Å². The van der Waals surface area contributed by atoms with Gasteiger partial charge >= 0.3 is 0 Å². The van der Waals surface area contributed by atoms with E-state index in [0.29, 0.717) is 24.3 Å². The molecule has 2 aromatic rings. The number of rotatable bonds is 4. The fourth-order valence-corrected chi connectivity index (χ4v) is 1.66. The van der Waals surface area contributed by atoms with E-state index in [9.17, 15) is 4.39 Å². The highest BCUT2D eigenvalue weighted by Crippen LogP contribution is 2.21. The zero-order valence-corrected chi connectivity index (χ0v) is 9.66. The first-order valence-corrected chi connectivity index (χ1v) is 5.50. The van der Waals surface area contributed by atoms with Crippen molar-refractivity contribution in [3.05, 3.63) is 47.7 Å². The lowest BCUT2D eigenvalue weighted by Crippen LogP contribution is -2.08. The summed E-state index contributed by atoms with van der Waals surface area (Å²) in [5.74, 6) is 1.43. The van der Waals surface area contributed by atoms with Gasteiger partial charge in [-0.25, -0.2) is 4.39 Å². The maximum atomic E-state index is 13.4. The van der Waals surface area contributed by atoms with E-state index in [1.807, 2.05) is 19.1 Å². The molecule has 0 aliphatic carbocycles. The number of hydrogen-bond donors (Lipinski definition) is 2. The van der Waals surface area contributed by atoms with Crippen LogP contribution in [0.3, 0.4) is 0 Å². The van der Waals surface area contributed by atoms with E-state index in [1.165, 1.54) is 6.07 Å². The van der Waals surface area contributed by atoms with Crippen LogP contribution in [0.1, 0.15) is 11.5 Å². The molecule has 0 saturated heterocycles. The quantitative estimate of drug-likeness (QED) is 0.800. The Kier molecular flexibility index (Phi) is 3.32. The van der Waals surface area contributed by atoms with Gasteiger partial charge in [0.25, 0.3) is 0 Å². The van der Waals surface area contributed by atoms with Crippen LogP contribution in [0.4, 0.5) is 15.8 Å². The maximum absolute atomic E-state index is 13.4. The van der Waals surface area contributed by atoms with Crippen LogP contribution in [-0.4, -0.2) is 6.54 Å². The summed E-state index contributed by atoms with van der Waals surface area (Å²) in [6.07, 6.45) is 0.696. The predicted octanol–water partition coefficient (Wildman–Crippen LogP) is 2.96. The molecule has 0 atom stereocenters. The minimum absolute atomic E-state index is 0.333. The average Bonchev–Trinajstić information content (AvgIpc) is 2.69. The summed E-state index contributed by atoms with van der Waals surface area (Å²) in [7, 11) is 0. The number of halogens is 1. The van der Waals surface area contributed by atoms with Gasteiger partial charge in [0.15, 0.2) is 0 Å². The fraction of sp³-hybridized carbons (Fsp3) is 0.231. The molecule has 3 nitrogen and oxygen atoms in total. The zero-order chi connectivity index (χ0) is 12.3. The zero-order valence-electron chi connectivity index (χ0n) is 9.66. The van der Waals surface area contributed by atoms with Crippen molar-refractivity contribution >= 4 is 11.4 Å². The molecule has 0 saturated carbocycles. The van der Waals surface area contributed by atoms with Crippen molar-refractivity contribution in [2.45, 2.75) is 13.3 Å². The fourth-order valence-electron chi connectivity index (χ4n) is 1.66. The number of hydrogen-bond acceptors (Lipinski definition) is 3. The van der Waals surface area contributed by atoms with E-state index in [4.69, 9.17) is 10.2 Å². The standard InChI is InChI=1S/C13H15FN2O/c1-9-5-6-10(17-9)7-8-16-13-11(14)3-2-4-12(13)15/h2-6,16H,7-8,15H2,1H3. The molecule has 90 valence electrons. The van der Waals surface area contributed by atoms with Crippen molar-refractivity contribution in [1.82, 2.24) is 0 Å². The summed E-state index contributed by atoms with van der Waals surface area (Å²) in [4.78, 5) is 0. The largest absolute Gasteiger partial charge is 0.466 e. The Morgan fingerprint density at radius 3 is 2.76 bits per heavy atom. The third-order valence-corrected chi connectivity index (χ3v) is 2.52. The molecule has 3 N–H and O–H groups in total. The van der Waals surface area contributed by atoms with E-state index in [1.54, 1.807) is 12.1 Å². The van der Waals surface area contributed by atoms with Crippen molar-refractivity contribution in [3.63, 3.8) is 0 Å². The van der Waals surface area contributed by atoms with E-state index < -0.39 is 0 Å². The predicted molar refractivity (Wildman–Crippen MR) is 66.5 cm³/mol. The molecular weight excluding hydrogens is 219 g/mol. The van der Waals surface area contributed by atoms with E-state index in [0.717, 1.165) is 11.5 Å².